The third-order valence-electron chi connectivity index (χ3n) is 7.56. The van der Waals surface area contributed by atoms with E-state index in [1.54, 1.807) is 31.6 Å². The summed E-state index contributed by atoms with van der Waals surface area (Å²) in [5.74, 6) is -0.893. The van der Waals surface area contributed by atoms with E-state index >= 15 is 0 Å². The molecule has 0 radical (unpaired) electrons. The first-order valence-corrected chi connectivity index (χ1v) is 15.4. The Morgan fingerprint density at radius 2 is 1.98 bits per heavy atom. The number of hydrogen-bond donors (Lipinski definition) is 2. The summed E-state index contributed by atoms with van der Waals surface area (Å²) < 4.78 is 45.7. The molecule has 0 saturated carbocycles. The summed E-state index contributed by atoms with van der Waals surface area (Å²) in [5.41, 5.74) is 2.09. The minimum absolute atomic E-state index is 0.0675. The van der Waals surface area contributed by atoms with Gasteiger partial charge in [0, 0.05) is 72.7 Å². The van der Waals surface area contributed by atoms with E-state index in [1.807, 2.05) is 6.07 Å². The number of benzene rings is 2. The summed E-state index contributed by atoms with van der Waals surface area (Å²) in [4.78, 5) is 24.9. The summed E-state index contributed by atoms with van der Waals surface area (Å²) >= 11 is 0. The van der Waals surface area contributed by atoms with Crippen LogP contribution < -0.4 is 20.3 Å². The number of sulfone groups is 1. The second-order valence-electron chi connectivity index (χ2n) is 11.2. The number of aromatic nitrogens is 4. The maximum atomic E-state index is 14.7. The van der Waals surface area contributed by atoms with Crippen molar-refractivity contribution in [3.05, 3.63) is 48.0 Å². The Morgan fingerprint density at radius 1 is 1.20 bits per heavy atom. The summed E-state index contributed by atoms with van der Waals surface area (Å²) in [6.45, 7) is 5.95. The van der Waals surface area contributed by atoms with Gasteiger partial charge in [-0.2, -0.15) is 10.1 Å². The summed E-state index contributed by atoms with van der Waals surface area (Å²) in [7, 11) is -1.34. The highest BCUT2D eigenvalue weighted by atomic mass is 32.2. The van der Waals surface area contributed by atoms with Crippen molar-refractivity contribution >= 4 is 48.9 Å². The molecule has 2 aliphatic rings. The molecule has 2 aromatic carbocycles. The molecular weight excluding hydrogens is 549 g/mol. The Balaban J connectivity index is 1.35. The fourth-order valence-electron chi connectivity index (χ4n) is 5.82. The number of fused-ring (bicyclic) bond motifs is 2. The molecule has 0 spiro atoms. The lowest BCUT2D eigenvalue weighted by atomic mass is 10.0. The first kappa shape index (κ1) is 27.3. The normalized spacial score (nSPS) is 22.3. The highest BCUT2D eigenvalue weighted by Crippen LogP contribution is 2.32. The zero-order valence-electron chi connectivity index (χ0n) is 23.1. The summed E-state index contributed by atoms with van der Waals surface area (Å²) in [6, 6.07) is 7.11. The average molecular weight is 582 g/mol. The number of hydrogen-bond acceptors (Lipinski definition) is 9. The van der Waals surface area contributed by atoms with Crippen LogP contribution >= 0.6 is 0 Å². The Hall–Kier alpha value is -3.84. The van der Waals surface area contributed by atoms with Crippen molar-refractivity contribution in [1.82, 2.24) is 25.1 Å². The van der Waals surface area contributed by atoms with Crippen LogP contribution in [0.4, 0.5) is 15.8 Å². The van der Waals surface area contributed by atoms with Gasteiger partial charge in [-0.25, -0.2) is 17.8 Å². The highest BCUT2D eigenvalue weighted by Gasteiger charge is 2.29. The van der Waals surface area contributed by atoms with Gasteiger partial charge < -0.3 is 20.3 Å². The number of anilines is 2. The molecule has 2 N–H and O–H groups in total. The number of carbonyl (C=O) groups excluding carboxylic acids is 1. The van der Waals surface area contributed by atoms with Gasteiger partial charge in [-0.3, -0.25) is 9.48 Å². The van der Waals surface area contributed by atoms with Gasteiger partial charge in [-0.15, -0.1) is 0 Å². The predicted octanol–water partition coefficient (Wildman–Crippen LogP) is 2.91. The van der Waals surface area contributed by atoms with Crippen LogP contribution in [0.25, 0.3) is 21.8 Å². The van der Waals surface area contributed by atoms with E-state index in [4.69, 9.17) is 4.74 Å². The number of rotatable bonds is 6. The lowest BCUT2D eigenvalue weighted by Gasteiger charge is -2.38. The van der Waals surface area contributed by atoms with Gasteiger partial charge in [0.25, 0.3) is 5.91 Å². The number of carbonyl (C=O) groups is 1. The molecule has 2 aromatic heterocycles. The molecule has 13 heteroatoms. The number of ether oxygens (including phenoxy) is 1. The first-order chi connectivity index (χ1) is 19.5. The summed E-state index contributed by atoms with van der Waals surface area (Å²) in [5, 5.41) is 11.7. The Labute approximate surface area is 237 Å². The molecule has 41 heavy (non-hydrogen) atoms. The highest BCUT2D eigenvalue weighted by molar-refractivity contribution is 7.91. The first-order valence-electron chi connectivity index (χ1n) is 13.6. The Morgan fingerprint density at radius 3 is 2.71 bits per heavy atom. The van der Waals surface area contributed by atoms with Gasteiger partial charge in [0.2, 0.25) is 0 Å². The number of nitrogens with zero attached hydrogens (tertiary/aromatic N) is 5. The number of aryl methyl sites for hydroxylation is 1. The molecule has 3 atom stereocenters. The summed E-state index contributed by atoms with van der Waals surface area (Å²) in [6.07, 6.45) is 3.86. The molecule has 0 bridgehead atoms. The third-order valence-corrected chi connectivity index (χ3v) is 9.39. The van der Waals surface area contributed by atoms with Crippen molar-refractivity contribution < 1.29 is 22.3 Å². The molecule has 1 amide bonds. The van der Waals surface area contributed by atoms with Crippen LogP contribution in [0.5, 0.6) is 6.01 Å². The van der Waals surface area contributed by atoms with E-state index in [9.17, 15) is 17.6 Å². The minimum Gasteiger partial charge on any atom is -0.463 e. The zero-order chi connectivity index (χ0) is 28.9. The van der Waals surface area contributed by atoms with Gasteiger partial charge in [-0.05, 0) is 44.5 Å². The topological polar surface area (TPSA) is 131 Å². The third kappa shape index (κ3) is 5.68. The molecule has 216 valence electrons. The van der Waals surface area contributed by atoms with Crippen LogP contribution in [0.15, 0.2) is 36.7 Å². The molecule has 11 nitrogen and oxygen atoms in total. The van der Waals surface area contributed by atoms with Crippen LogP contribution in [0.3, 0.4) is 0 Å². The van der Waals surface area contributed by atoms with E-state index in [0.29, 0.717) is 28.4 Å². The van der Waals surface area contributed by atoms with E-state index in [-0.39, 0.29) is 53.2 Å². The number of halogens is 1. The quantitative estimate of drug-likeness (QED) is 0.353. The van der Waals surface area contributed by atoms with Crippen molar-refractivity contribution in [3.63, 3.8) is 0 Å². The van der Waals surface area contributed by atoms with Gasteiger partial charge >= 0.3 is 6.01 Å². The molecule has 6 rings (SSSR count). The second-order valence-corrected chi connectivity index (χ2v) is 13.4. The minimum atomic E-state index is -3.04. The predicted molar refractivity (Wildman–Crippen MR) is 155 cm³/mol. The van der Waals surface area contributed by atoms with Crippen LogP contribution in [0.2, 0.25) is 0 Å². The molecule has 4 heterocycles. The maximum absolute atomic E-state index is 14.7. The van der Waals surface area contributed by atoms with Crippen molar-refractivity contribution in [2.45, 2.75) is 32.4 Å². The fraction of sp³-hybridized carbons (Fsp3) is 0.429. The Bertz CT molecular complexity index is 1750. The lowest BCUT2D eigenvalue weighted by Crippen LogP contribution is -2.54. The molecular formula is C28H32FN7O4S. The van der Waals surface area contributed by atoms with Crippen molar-refractivity contribution in [2.75, 3.05) is 41.4 Å². The number of piperazine rings is 1. The van der Waals surface area contributed by atoms with E-state index < -0.39 is 21.6 Å². The van der Waals surface area contributed by atoms with Crippen molar-refractivity contribution in [3.8, 4) is 6.01 Å². The van der Waals surface area contributed by atoms with Crippen LogP contribution in [0.1, 0.15) is 30.6 Å². The molecule has 4 aromatic rings. The zero-order valence-corrected chi connectivity index (χ0v) is 23.9. The number of amides is 1. The van der Waals surface area contributed by atoms with Gasteiger partial charge in [0.1, 0.15) is 5.52 Å². The van der Waals surface area contributed by atoms with Crippen LogP contribution in [-0.2, 0) is 16.9 Å². The lowest BCUT2D eigenvalue weighted by molar-refractivity contribution is 0.102. The SMILES string of the molecule is CC1CN(c2ccc(C(=O)Nc3cc(F)c4nn(C)cc4c3)c3nc(OCC4CCS(=O)(=O)C4)ncc23)CC(C)N1. The van der Waals surface area contributed by atoms with E-state index in [1.165, 1.54) is 10.7 Å². The second kappa shape index (κ2) is 10.5. The molecule has 3 unspecified atom stereocenters. The van der Waals surface area contributed by atoms with Crippen LogP contribution in [-0.4, -0.2) is 77.4 Å². The Kier molecular flexibility index (Phi) is 7.02. The molecule has 0 aliphatic carbocycles. The van der Waals surface area contributed by atoms with Crippen LogP contribution in [0, 0.1) is 11.7 Å². The number of nitrogens with one attached hydrogen (secondary N) is 2. The van der Waals surface area contributed by atoms with Gasteiger partial charge in [0.15, 0.2) is 15.7 Å². The molecule has 2 saturated heterocycles. The maximum Gasteiger partial charge on any atom is 0.316 e. The van der Waals surface area contributed by atoms with Crippen molar-refractivity contribution in [2.24, 2.45) is 13.0 Å². The smallest absolute Gasteiger partial charge is 0.316 e. The molecule has 2 aliphatic heterocycles. The molecule has 2 fully saturated rings. The largest absolute Gasteiger partial charge is 0.463 e. The van der Waals surface area contributed by atoms with E-state index in [2.05, 4.69) is 44.4 Å². The standard InChI is InChI=1S/C28H32FN7O4S/c1-16-11-36(12-17(2)31-16)24-5-4-21(27(37)32-20-8-19-13-35(3)34-25(19)23(29)9-20)26-22(24)10-30-28(33-26)40-14-18-6-7-41(38,39)15-18/h4-5,8-10,13,16-18,31H,6-7,11-12,14-15H2,1-3H3,(H,32,37). The van der Waals surface area contributed by atoms with Gasteiger partial charge in [0.05, 0.1) is 29.2 Å². The van der Waals surface area contributed by atoms with E-state index in [0.717, 1.165) is 18.8 Å². The monoisotopic (exact) mass is 581 g/mol. The van der Waals surface area contributed by atoms with Crippen molar-refractivity contribution in [1.29, 1.82) is 0 Å². The fourth-order valence-corrected chi connectivity index (χ4v) is 7.66. The average Bonchev–Trinajstić information content (AvgIpc) is 3.46. The van der Waals surface area contributed by atoms with Gasteiger partial charge in [-0.1, -0.05) is 0 Å².